The van der Waals surface area contributed by atoms with E-state index in [1.165, 1.54) is 44.6 Å². The first-order valence-corrected chi connectivity index (χ1v) is 21.6. The standard InChI is InChI=1S/C45H55ClN10O8/c1-4-5-12-34(52-27(3)57)43(62)51-26(2)41(60)55-37(22-32-23-48-25-50-32)42(61)49-18-9-8-13-38-44(63)54-35-21-31(46)16-17-33(35)45(64)56(38)24-39(58)53-36(40(47)59)20-28-14-15-29-10-6-7-11-30(29)19-28/h6-7,10-11,14-17,19,21,23,25-26,34,36-38H,4-5,8-9,12-13,18,20,22,24H2,1-3H3,(H2,47,59)(H,48,50)(H,49,61)(H,51,62)(H,52,57)(H,53,58)(H,54,63)(H,55,60)/t26-,34-,36-,37-,38?/m0/s1. The Morgan fingerprint density at radius 2 is 1.61 bits per heavy atom. The van der Waals surface area contributed by atoms with Crippen LogP contribution in [0.15, 0.2) is 73.2 Å². The van der Waals surface area contributed by atoms with Crippen molar-refractivity contribution in [2.45, 2.75) is 102 Å². The summed E-state index contributed by atoms with van der Waals surface area (Å²) < 4.78 is 0. The van der Waals surface area contributed by atoms with Crippen LogP contribution in [0.1, 0.15) is 80.9 Å². The number of hydrogen-bond donors (Lipinski definition) is 8. The van der Waals surface area contributed by atoms with Crippen LogP contribution in [0.25, 0.3) is 10.8 Å². The number of nitrogens with two attached hydrogens (primary N) is 1. The molecule has 0 radical (unpaired) electrons. The quantitative estimate of drug-likeness (QED) is 0.0538. The number of aromatic amines is 1. The number of rotatable bonds is 22. The van der Waals surface area contributed by atoms with Crippen molar-refractivity contribution < 1.29 is 38.4 Å². The molecule has 0 saturated heterocycles. The number of unbranched alkanes of at least 4 members (excludes halogenated alkanes) is 2. The van der Waals surface area contributed by atoms with Gasteiger partial charge in [0.15, 0.2) is 0 Å². The summed E-state index contributed by atoms with van der Waals surface area (Å²) in [6, 6.07) is 12.5. The average Bonchev–Trinajstić information content (AvgIpc) is 3.75. The Bertz CT molecular complexity index is 2340. The smallest absolute Gasteiger partial charge is 0.257 e. The number of primary amides is 1. The molecule has 1 aliphatic heterocycles. The molecule has 2 heterocycles. The zero-order valence-corrected chi connectivity index (χ0v) is 36.8. The van der Waals surface area contributed by atoms with Gasteiger partial charge >= 0.3 is 0 Å². The molecule has 0 bridgehead atoms. The highest BCUT2D eigenvalue weighted by atomic mass is 35.5. The summed E-state index contributed by atoms with van der Waals surface area (Å²) >= 11 is 6.20. The Balaban J connectivity index is 1.21. The van der Waals surface area contributed by atoms with Crippen LogP contribution < -0.4 is 37.6 Å². The first kappa shape index (κ1) is 48.2. The number of hydrogen-bond acceptors (Lipinski definition) is 9. The second-order valence-electron chi connectivity index (χ2n) is 15.8. The number of amides is 8. The second-order valence-corrected chi connectivity index (χ2v) is 16.2. The van der Waals surface area contributed by atoms with Crippen LogP contribution in [0.2, 0.25) is 5.02 Å². The molecular formula is C45H55ClN10O8. The molecule has 19 heteroatoms. The lowest BCUT2D eigenvalue weighted by Gasteiger charge is -2.29. The third-order valence-corrected chi connectivity index (χ3v) is 11.0. The van der Waals surface area contributed by atoms with E-state index in [9.17, 15) is 38.4 Å². The van der Waals surface area contributed by atoms with Crippen molar-refractivity contribution in [2.24, 2.45) is 5.73 Å². The number of H-pyrrole nitrogens is 1. The van der Waals surface area contributed by atoms with Crippen molar-refractivity contribution in [3.63, 3.8) is 0 Å². The zero-order valence-electron chi connectivity index (χ0n) is 36.0. The van der Waals surface area contributed by atoms with E-state index >= 15 is 0 Å². The fourth-order valence-electron chi connectivity index (χ4n) is 7.37. The van der Waals surface area contributed by atoms with Crippen molar-refractivity contribution in [1.29, 1.82) is 0 Å². The van der Waals surface area contributed by atoms with Gasteiger partial charge in [-0.2, -0.15) is 0 Å². The lowest BCUT2D eigenvalue weighted by molar-refractivity contribution is -0.133. The number of anilines is 1. The number of carbonyl (C=O) groups is 8. The van der Waals surface area contributed by atoms with Crippen LogP contribution in [0.4, 0.5) is 5.69 Å². The van der Waals surface area contributed by atoms with Gasteiger partial charge in [0, 0.05) is 43.2 Å². The number of fused-ring (bicyclic) bond motifs is 2. The molecule has 1 aliphatic rings. The number of nitrogens with zero attached hydrogens (tertiary/aromatic N) is 2. The van der Waals surface area contributed by atoms with Gasteiger partial charge in [0.05, 0.1) is 17.6 Å². The van der Waals surface area contributed by atoms with E-state index in [0.29, 0.717) is 31.4 Å². The van der Waals surface area contributed by atoms with Crippen LogP contribution in [0, 0.1) is 0 Å². The summed E-state index contributed by atoms with van der Waals surface area (Å²) in [5, 5.41) is 18.4. The van der Waals surface area contributed by atoms with Gasteiger partial charge in [-0.3, -0.25) is 38.4 Å². The molecule has 0 saturated carbocycles. The number of carbonyl (C=O) groups excluding carboxylic acids is 8. The zero-order chi connectivity index (χ0) is 46.3. The van der Waals surface area contributed by atoms with Crippen molar-refractivity contribution in [1.82, 2.24) is 41.5 Å². The predicted molar refractivity (Wildman–Crippen MR) is 240 cm³/mol. The monoisotopic (exact) mass is 898 g/mol. The topological polar surface area (TPSA) is 267 Å². The summed E-state index contributed by atoms with van der Waals surface area (Å²) in [7, 11) is 0. The van der Waals surface area contributed by atoms with E-state index in [4.69, 9.17) is 17.3 Å². The van der Waals surface area contributed by atoms with Crippen molar-refractivity contribution in [3.8, 4) is 0 Å². The molecule has 64 heavy (non-hydrogen) atoms. The van der Waals surface area contributed by atoms with E-state index in [1.54, 1.807) is 0 Å². The highest BCUT2D eigenvalue weighted by molar-refractivity contribution is 6.31. The van der Waals surface area contributed by atoms with Gasteiger partial charge in [-0.05, 0) is 67.1 Å². The van der Waals surface area contributed by atoms with Crippen molar-refractivity contribution >= 4 is 75.3 Å². The number of halogens is 1. The third kappa shape index (κ3) is 13.6. The molecule has 8 amide bonds. The maximum atomic E-state index is 14.1. The molecule has 4 aromatic rings. The minimum absolute atomic E-state index is 0.0497. The maximum Gasteiger partial charge on any atom is 0.257 e. The molecule has 9 N–H and O–H groups in total. The molecule has 1 aromatic heterocycles. The minimum Gasteiger partial charge on any atom is -0.368 e. The Morgan fingerprint density at radius 3 is 2.31 bits per heavy atom. The van der Waals surface area contributed by atoms with Gasteiger partial charge in [-0.15, -0.1) is 0 Å². The van der Waals surface area contributed by atoms with Crippen molar-refractivity contribution in [3.05, 3.63) is 95.0 Å². The summed E-state index contributed by atoms with van der Waals surface area (Å²) in [6.45, 7) is 4.27. The number of benzene rings is 3. The molecule has 3 aromatic carbocycles. The van der Waals surface area contributed by atoms with Crippen LogP contribution in [-0.4, -0.2) is 105 Å². The maximum absolute atomic E-state index is 14.1. The Morgan fingerprint density at radius 1 is 0.844 bits per heavy atom. The van der Waals surface area contributed by atoms with Crippen molar-refractivity contribution in [2.75, 3.05) is 18.4 Å². The fourth-order valence-corrected chi connectivity index (χ4v) is 7.54. The van der Waals surface area contributed by atoms with Gasteiger partial charge in [-0.25, -0.2) is 4.98 Å². The van der Waals surface area contributed by atoms with E-state index in [-0.39, 0.29) is 48.0 Å². The summed E-state index contributed by atoms with van der Waals surface area (Å²) in [6.07, 6.45) is 5.69. The minimum atomic E-state index is -1.14. The van der Waals surface area contributed by atoms with Crippen LogP contribution in [-0.2, 0) is 46.4 Å². The van der Waals surface area contributed by atoms with Crippen LogP contribution >= 0.6 is 11.6 Å². The molecule has 1 unspecified atom stereocenters. The predicted octanol–water partition coefficient (Wildman–Crippen LogP) is 2.41. The highest BCUT2D eigenvalue weighted by Crippen LogP contribution is 2.28. The molecule has 0 fully saturated rings. The number of nitrogens with one attached hydrogen (secondary N) is 7. The largest absolute Gasteiger partial charge is 0.368 e. The molecular weight excluding hydrogens is 844 g/mol. The fraction of sp³-hybridized carbons (Fsp3) is 0.400. The first-order chi connectivity index (χ1) is 30.6. The van der Waals surface area contributed by atoms with E-state index in [2.05, 4.69) is 41.9 Å². The summed E-state index contributed by atoms with van der Waals surface area (Å²) in [5.41, 5.74) is 7.34. The summed E-state index contributed by atoms with van der Waals surface area (Å²) in [5.74, 6) is -4.72. The van der Waals surface area contributed by atoms with Gasteiger partial charge in [0.25, 0.3) is 5.91 Å². The SMILES string of the molecule is CCCC[C@H](NC(C)=O)C(=O)N[C@@H](C)C(=O)N[C@@H](Cc1cnc[nH]1)C(=O)NCCCCC1C(=O)Nc2cc(Cl)ccc2C(=O)N1CC(=O)N[C@@H](Cc1ccc2ccccc2c1)C(N)=O. The van der Waals surface area contributed by atoms with Crippen LogP contribution in [0.5, 0.6) is 0 Å². The lowest BCUT2D eigenvalue weighted by atomic mass is 10.0. The number of aromatic nitrogens is 2. The van der Waals surface area contributed by atoms with E-state index in [1.807, 2.05) is 49.4 Å². The normalized spacial score (nSPS) is 15.4. The van der Waals surface area contributed by atoms with Gasteiger partial charge in [-0.1, -0.05) is 73.8 Å². The van der Waals surface area contributed by atoms with E-state index < -0.39 is 78.1 Å². The Hall–Kier alpha value is -6.82. The second kappa shape index (κ2) is 23.0. The molecule has 340 valence electrons. The van der Waals surface area contributed by atoms with E-state index in [0.717, 1.165) is 27.7 Å². The Kier molecular flexibility index (Phi) is 17.4. The number of imidazole rings is 1. The van der Waals surface area contributed by atoms with Gasteiger partial charge in [0.1, 0.15) is 36.8 Å². The molecule has 18 nitrogen and oxygen atoms in total. The van der Waals surface area contributed by atoms with Crippen LogP contribution in [0.3, 0.4) is 0 Å². The first-order valence-electron chi connectivity index (χ1n) is 21.2. The average molecular weight is 899 g/mol. The van der Waals surface area contributed by atoms with Gasteiger partial charge in [0.2, 0.25) is 41.4 Å². The molecule has 5 atom stereocenters. The Labute approximate surface area is 375 Å². The molecule has 0 aliphatic carbocycles. The highest BCUT2D eigenvalue weighted by Gasteiger charge is 2.37. The molecule has 0 spiro atoms. The third-order valence-electron chi connectivity index (χ3n) is 10.8. The van der Waals surface area contributed by atoms with Gasteiger partial charge < -0.3 is 47.5 Å². The lowest BCUT2D eigenvalue weighted by Crippen LogP contribution is -2.56. The summed E-state index contributed by atoms with van der Waals surface area (Å²) in [4.78, 5) is 114. The molecule has 5 rings (SSSR count).